The van der Waals surface area contributed by atoms with Crippen molar-refractivity contribution in [2.24, 2.45) is 5.73 Å². The number of hydrogen-bond donors (Lipinski definition) is 2. The van der Waals surface area contributed by atoms with Crippen LogP contribution in [0.25, 0.3) is 0 Å². The monoisotopic (exact) mass is 286 g/mol. The molecule has 0 heterocycles. The van der Waals surface area contributed by atoms with Crippen molar-refractivity contribution >= 4 is 17.5 Å². The lowest BCUT2D eigenvalue weighted by Crippen LogP contribution is -2.30. The lowest BCUT2D eigenvalue weighted by molar-refractivity contribution is -0.123. The quantitative estimate of drug-likeness (QED) is 0.707. The number of carbonyl (C=O) groups excluding carboxylic acids is 1. The fraction of sp³-hybridized carbons (Fsp3) is 0.462. The van der Waals surface area contributed by atoms with Gasteiger partial charge < -0.3 is 20.5 Å². The molecule has 0 aliphatic rings. The first-order valence-electron chi connectivity index (χ1n) is 6.04. The Morgan fingerprint density at radius 3 is 2.89 bits per heavy atom. The third-order valence-electron chi connectivity index (χ3n) is 2.44. The van der Waals surface area contributed by atoms with Crippen LogP contribution >= 0.6 is 11.6 Å². The van der Waals surface area contributed by atoms with Crippen molar-refractivity contribution in [2.45, 2.75) is 13.0 Å². The van der Waals surface area contributed by atoms with Gasteiger partial charge in [-0.1, -0.05) is 17.7 Å². The van der Waals surface area contributed by atoms with Gasteiger partial charge in [0.2, 0.25) is 0 Å². The molecule has 106 valence electrons. The Morgan fingerprint density at radius 1 is 1.47 bits per heavy atom. The highest BCUT2D eigenvalue weighted by Crippen LogP contribution is 2.25. The molecule has 1 amide bonds. The lowest BCUT2D eigenvalue weighted by Gasteiger charge is -2.09. The molecule has 0 unspecified atom stereocenters. The molecule has 0 spiro atoms. The summed E-state index contributed by atoms with van der Waals surface area (Å²) in [6, 6.07) is 5.26. The number of rotatable bonds is 8. The fourth-order valence-electron chi connectivity index (χ4n) is 1.43. The summed E-state index contributed by atoms with van der Waals surface area (Å²) in [5.74, 6) is 0.293. The Bertz CT molecular complexity index is 413. The molecular weight excluding hydrogens is 268 g/mol. The highest BCUT2D eigenvalue weighted by Gasteiger charge is 2.06. The van der Waals surface area contributed by atoms with Crippen molar-refractivity contribution in [1.29, 1.82) is 0 Å². The number of nitrogens with two attached hydrogens (primary N) is 1. The Kier molecular flexibility index (Phi) is 7.25. The Hall–Kier alpha value is -1.30. The number of methoxy groups -OCH3 is 1. The largest absolute Gasteiger partial charge is 0.482 e. The summed E-state index contributed by atoms with van der Waals surface area (Å²) in [4.78, 5) is 11.5. The van der Waals surface area contributed by atoms with Gasteiger partial charge in [0.15, 0.2) is 6.61 Å². The van der Waals surface area contributed by atoms with Crippen molar-refractivity contribution in [3.8, 4) is 5.75 Å². The fourth-order valence-corrected chi connectivity index (χ4v) is 1.68. The first kappa shape index (κ1) is 15.8. The van der Waals surface area contributed by atoms with Crippen LogP contribution in [-0.2, 0) is 16.1 Å². The van der Waals surface area contributed by atoms with Crippen LogP contribution < -0.4 is 15.8 Å². The minimum Gasteiger partial charge on any atom is -0.482 e. The molecule has 0 atom stereocenters. The van der Waals surface area contributed by atoms with Gasteiger partial charge in [-0.3, -0.25) is 4.79 Å². The number of amides is 1. The first-order valence-corrected chi connectivity index (χ1v) is 6.42. The summed E-state index contributed by atoms with van der Waals surface area (Å²) in [6.07, 6.45) is 0.772. The van der Waals surface area contributed by atoms with Crippen LogP contribution in [0.15, 0.2) is 18.2 Å². The molecule has 0 fully saturated rings. The van der Waals surface area contributed by atoms with E-state index in [1.165, 1.54) is 0 Å². The van der Waals surface area contributed by atoms with E-state index in [9.17, 15) is 4.79 Å². The molecule has 6 heteroatoms. The van der Waals surface area contributed by atoms with E-state index in [0.717, 1.165) is 12.0 Å². The molecule has 5 nitrogen and oxygen atoms in total. The molecule has 1 aromatic carbocycles. The van der Waals surface area contributed by atoms with Crippen LogP contribution in [0.1, 0.15) is 12.0 Å². The molecule has 0 saturated heterocycles. The van der Waals surface area contributed by atoms with Crippen molar-refractivity contribution in [3.05, 3.63) is 28.8 Å². The zero-order valence-electron chi connectivity index (χ0n) is 10.9. The Labute approximate surface area is 118 Å². The second kappa shape index (κ2) is 8.74. The minimum absolute atomic E-state index is 0.0608. The predicted molar refractivity (Wildman–Crippen MR) is 74.3 cm³/mol. The van der Waals surface area contributed by atoms with Crippen molar-refractivity contribution < 1.29 is 14.3 Å². The zero-order chi connectivity index (χ0) is 14.1. The van der Waals surface area contributed by atoms with E-state index in [-0.39, 0.29) is 12.5 Å². The van der Waals surface area contributed by atoms with Crippen LogP contribution in [-0.4, -0.2) is 32.8 Å². The van der Waals surface area contributed by atoms with Crippen molar-refractivity contribution in [1.82, 2.24) is 5.32 Å². The maximum Gasteiger partial charge on any atom is 0.257 e. The van der Waals surface area contributed by atoms with Crippen molar-refractivity contribution in [2.75, 3.05) is 26.9 Å². The molecule has 19 heavy (non-hydrogen) atoms. The summed E-state index contributed by atoms with van der Waals surface area (Å²) in [7, 11) is 1.62. The lowest BCUT2D eigenvalue weighted by atomic mass is 10.2. The number of carbonyl (C=O) groups is 1. The highest BCUT2D eigenvalue weighted by molar-refractivity contribution is 6.32. The third-order valence-corrected chi connectivity index (χ3v) is 2.73. The summed E-state index contributed by atoms with van der Waals surface area (Å²) in [6.45, 7) is 1.54. The molecule has 0 aliphatic carbocycles. The Morgan fingerprint density at radius 2 is 2.26 bits per heavy atom. The normalized spacial score (nSPS) is 10.3. The van der Waals surface area contributed by atoms with Crippen LogP contribution in [0.3, 0.4) is 0 Å². The molecule has 1 aromatic rings. The molecular formula is C13H19ClN2O3. The SMILES string of the molecule is COCCCNC(=O)COc1ccc(CN)cc1Cl. The topological polar surface area (TPSA) is 73.6 Å². The van der Waals surface area contributed by atoms with Gasteiger partial charge >= 0.3 is 0 Å². The average molecular weight is 287 g/mol. The zero-order valence-corrected chi connectivity index (χ0v) is 11.7. The standard InChI is InChI=1S/C13H19ClN2O3/c1-18-6-2-5-16-13(17)9-19-12-4-3-10(8-15)7-11(12)14/h3-4,7H,2,5-6,8-9,15H2,1H3,(H,16,17). The van der Waals surface area contributed by atoms with E-state index < -0.39 is 0 Å². The minimum atomic E-state index is -0.185. The Balaban J connectivity index is 2.33. The number of hydrogen-bond acceptors (Lipinski definition) is 4. The van der Waals surface area contributed by atoms with Gasteiger partial charge in [-0.25, -0.2) is 0 Å². The van der Waals surface area contributed by atoms with Gasteiger partial charge in [-0.05, 0) is 24.1 Å². The summed E-state index contributed by atoms with van der Waals surface area (Å²) in [5.41, 5.74) is 6.41. The van der Waals surface area contributed by atoms with Gasteiger partial charge in [0.1, 0.15) is 5.75 Å². The second-order valence-electron chi connectivity index (χ2n) is 3.95. The number of halogens is 1. The van der Waals surface area contributed by atoms with Crippen LogP contribution in [0.5, 0.6) is 5.75 Å². The molecule has 0 bridgehead atoms. The molecule has 0 aromatic heterocycles. The molecule has 3 N–H and O–H groups in total. The maximum atomic E-state index is 11.5. The van der Waals surface area contributed by atoms with E-state index >= 15 is 0 Å². The number of benzene rings is 1. The highest BCUT2D eigenvalue weighted by atomic mass is 35.5. The molecule has 0 aliphatic heterocycles. The summed E-state index contributed by atoms with van der Waals surface area (Å²) < 4.78 is 10.2. The second-order valence-corrected chi connectivity index (χ2v) is 4.36. The van der Waals surface area contributed by atoms with Gasteiger partial charge in [0.05, 0.1) is 5.02 Å². The average Bonchev–Trinajstić information content (AvgIpc) is 2.42. The van der Waals surface area contributed by atoms with Gasteiger partial charge in [-0.2, -0.15) is 0 Å². The van der Waals surface area contributed by atoms with E-state index in [1.807, 2.05) is 6.07 Å². The smallest absolute Gasteiger partial charge is 0.257 e. The van der Waals surface area contributed by atoms with Crippen molar-refractivity contribution in [3.63, 3.8) is 0 Å². The summed E-state index contributed by atoms with van der Waals surface area (Å²) >= 11 is 6.01. The molecule has 1 rings (SSSR count). The van der Waals surface area contributed by atoms with Gasteiger partial charge in [-0.15, -0.1) is 0 Å². The molecule has 0 radical (unpaired) electrons. The number of nitrogens with one attached hydrogen (secondary N) is 1. The van der Waals surface area contributed by atoms with E-state index in [2.05, 4.69) is 5.32 Å². The van der Waals surface area contributed by atoms with E-state index in [4.69, 9.17) is 26.8 Å². The van der Waals surface area contributed by atoms with Gasteiger partial charge in [0.25, 0.3) is 5.91 Å². The first-order chi connectivity index (χ1) is 9.17. The van der Waals surface area contributed by atoms with E-state index in [1.54, 1.807) is 19.2 Å². The predicted octanol–water partition coefficient (Wildman–Crippen LogP) is 1.33. The maximum absolute atomic E-state index is 11.5. The number of ether oxygens (including phenoxy) is 2. The van der Waals surface area contributed by atoms with Crippen LogP contribution in [0.4, 0.5) is 0 Å². The van der Waals surface area contributed by atoms with E-state index in [0.29, 0.717) is 30.5 Å². The van der Waals surface area contributed by atoms with Crippen LogP contribution in [0.2, 0.25) is 5.02 Å². The van der Waals surface area contributed by atoms with Crippen LogP contribution in [0, 0.1) is 0 Å². The van der Waals surface area contributed by atoms with Gasteiger partial charge in [0, 0.05) is 26.8 Å². The molecule has 0 saturated carbocycles. The third kappa shape index (κ3) is 5.92. The summed E-state index contributed by atoms with van der Waals surface area (Å²) in [5, 5.41) is 3.18.